The highest BCUT2D eigenvalue weighted by atomic mass is 16.2. The quantitative estimate of drug-likeness (QED) is 0.620. The highest BCUT2D eigenvalue weighted by molar-refractivity contribution is 5.90. The van der Waals surface area contributed by atoms with Gasteiger partial charge in [0, 0.05) is 48.3 Å². The van der Waals surface area contributed by atoms with Crippen molar-refractivity contribution < 1.29 is 4.79 Å². The van der Waals surface area contributed by atoms with Crippen molar-refractivity contribution in [2.45, 2.75) is 32.2 Å². The largest absolute Gasteiger partial charge is 0.354 e. The first-order chi connectivity index (χ1) is 14.2. The van der Waals surface area contributed by atoms with Crippen molar-refractivity contribution in [1.82, 2.24) is 25.5 Å². The molecule has 0 aliphatic carbocycles. The highest BCUT2D eigenvalue weighted by Gasteiger charge is 2.22. The van der Waals surface area contributed by atoms with E-state index in [9.17, 15) is 4.79 Å². The van der Waals surface area contributed by atoms with E-state index in [1.54, 1.807) is 12.5 Å². The lowest BCUT2D eigenvalue weighted by molar-refractivity contribution is 0.246. The fourth-order valence-electron chi connectivity index (χ4n) is 3.59. The molecule has 2 aromatic heterocycles. The summed E-state index contributed by atoms with van der Waals surface area (Å²) in [5, 5.41) is 12.9. The number of hydrogen-bond acceptors (Lipinski definition) is 5. The number of urea groups is 1. The van der Waals surface area contributed by atoms with Gasteiger partial charge in [0.15, 0.2) is 0 Å². The first kappa shape index (κ1) is 18.9. The molecule has 29 heavy (non-hydrogen) atoms. The number of carbonyl (C=O) groups excluding carboxylic acids is 1. The smallest absolute Gasteiger partial charge is 0.319 e. The zero-order chi connectivity index (χ0) is 20.1. The van der Waals surface area contributed by atoms with Crippen molar-refractivity contribution in [3.8, 4) is 11.3 Å². The average Bonchev–Trinajstić information content (AvgIpc) is 3.29. The second-order valence-corrected chi connectivity index (χ2v) is 7.16. The molecule has 0 radical (unpaired) electrons. The third-order valence-corrected chi connectivity index (χ3v) is 5.08. The van der Waals surface area contributed by atoms with Crippen molar-refractivity contribution in [3.63, 3.8) is 0 Å². The molecule has 2 amide bonds. The standard InChI is InChI=1S/C21H25N7O/c1-2-16-12-20(23-14-22-16)28-10-4-7-18(13-28)26-21(29)25-17-6-3-5-15(11-17)19-8-9-24-27-19/h3,5-6,8-9,11-12,14,18H,2,4,7,10,13H2,1H3,(H,24,27)(H2,25,26,29). The minimum atomic E-state index is -0.199. The Morgan fingerprint density at radius 1 is 1.28 bits per heavy atom. The van der Waals surface area contributed by atoms with Crippen LogP contribution in [0.15, 0.2) is 48.9 Å². The van der Waals surface area contributed by atoms with Gasteiger partial charge in [-0.2, -0.15) is 5.10 Å². The molecule has 1 atom stereocenters. The molecule has 8 heteroatoms. The maximum Gasteiger partial charge on any atom is 0.319 e. The first-order valence-electron chi connectivity index (χ1n) is 9.94. The zero-order valence-electron chi connectivity index (χ0n) is 16.4. The first-order valence-corrected chi connectivity index (χ1v) is 9.94. The van der Waals surface area contributed by atoms with E-state index in [0.717, 1.165) is 60.8 Å². The minimum absolute atomic E-state index is 0.0691. The van der Waals surface area contributed by atoms with E-state index in [-0.39, 0.29) is 12.1 Å². The summed E-state index contributed by atoms with van der Waals surface area (Å²) < 4.78 is 0. The predicted molar refractivity (Wildman–Crippen MR) is 113 cm³/mol. The van der Waals surface area contributed by atoms with Crippen LogP contribution in [0.4, 0.5) is 16.3 Å². The summed E-state index contributed by atoms with van der Waals surface area (Å²) >= 11 is 0. The number of aromatic nitrogens is 4. The maximum atomic E-state index is 12.5. The number of hydrogen-bond donors (Lipinski definition) is 3. The van der Waals surface area contributed by atoms with Crippen LogP contribution >= 0.6 is 0 Å². The van der Waals surface area contributed by atoms with E-state index in [1.807, 2.05) is 36.4 Å². The Bertz CT molecular complexity index is 957. The molecule has 8 nitrogen and oxygen atoms in total. The Hall–Kier alpha value is -3.42. The number of anilines is 2. The normalized spacial score (nSPS) is 16.4. The molecule has 4 rings (SSSR count). The predicted octanol–water partition coefficient (Wildman–Crippen LogP) is 3.22. The van der Waals surface area contributed by atoms with Crippen LogP contribution in [0.25, 0.3) is 11.3 Å². The van der Waals surface area contributed by atoms with Gasteiger partial charge in [0.2, 0.25) is 0 Å². The summed E-state index contributed by atoms with van der Waals surface area (Å²) in [7, 11) is 0. The average molecular weight is 391 g/mol. The Kier molecular flexibility index (Phi) is 5.69. The van der Waals surface area contributed by atoms with Gasteiger partial charge in [-0.25, -0.2) is 14.8 Å². The van der Waals surface area contributed by atoms with Crippen LogP contribution in [0, 0.1) is 0 Å². The summed E-state index contributed by atoms with van der Waals surface area (Å²) in [6.45, 7) is 3.76. The van der Waals surface area contributed by atoms with Crippen LogP contribution in [0.1, 0.15) is 25.5 Å². The molecule has 1 aromatic carbocycles. The number of carbonyl (C=O) groups is 1. The lowest BCUT2D eigenvalue weighted by Gasteiger charge is -2.34. The molecule has 1 unspecified atom stereocenters. The van der Waals surface area contributed by atoms with Crippen LogP contribution < -0.4 is 15.5 Å². The number of rotatable bonds is 5. The molecule has 0 bridgehead atoms. The maximum absolute atomic E-state index is 12.5. The van der Waals surface area contributed by atoms with Crippen molar-refractivity contribution in [2.24, 2.45) is 0 Å². The second-order valence-electron chi connectivity index (χ2n) is 7.16. The van der Waals surface area contributed by atoms with Crippen LogP contribution in [0.2, 0.25) is 0 Å². The van der Waals surface area contributed by atoms with E-state index in [2.05, 4.69) is 42.6 Å². The van der Waals surface area contributed by atoms with Crippen molar-refractivity contribution in [3.05, 3.63) is 54.6 Å². The molecule has 150 valence electrons. The summed E-state index contributed by atoms with van der Waals surface area (Å²) in [6, 6.07) is 11.5. The molecular formula is C21H25N7O. The van der Waals surface area contributed by atoms with Gasteiger partial charge >= 0.3 is 6.03 Å². The van der Waals surface area contributed by atoms with E-state index in [0.29, 0.717) is 0 Å². The molecule has 1 aliphatic heterocycles. The Labute approximate surface area is 169 Å². The van der Waals surface area contributed by atoms with Gasteiger partial charge in [0.05, 0.1) is 5.69 Å². The molecule has 3 aromatic rings. The van der Waals surface area contributed by atoms with E-state index in [4.69, 9.17) is 0 Å². The molecule has 1 saturated heterocycles. The van der Waals surface area contributed by atoms with Gasteiger partial charge in [-0.1, -0.05) is 19.1 Å². The number of benzene rings is 1. The topological polar surface area (TPSA) is 98.8 Å². The number of aryl methyl sites for hydroxylation is 1. The molecular weight excluding hydrogens is 366 g/mol. The van der Waals surface area contributed by atoms with Gasteiger partial charge in [0.25, 0.3) is 0 Å². The summed E-state index contributed by atoms with van der Waals surface area (Å²) in [5.41, 5.74) is 3.65. The van der Waals surface area contributed by atoms with Crippen molar-refractivity contribution >= 4 is 17.5 Å². The van der Waals surface area contributed by atoms with Gasteiger partial charge in [-0.15, -0.1) is 0 Å². The van der Waals surface area contributed by atoms with Gasteiger partial charge in [-0.05, 0) is 37.5 Å². The summed E-state index contributed by atoms with van der Waals surface area (Å²) in [5.74, 6) is 0.927. The van der Waals surface area contributed by atoms with Crippen LogP contribution in [-0.2, 0) is 6.42 Å². The van der Waals surface area contributed by atoms with E-state index < -0.39 is 0 Å². The number of H-pyrrole nitrogens is 1. The van der Waals surface area contributed by atoms with Crippen LogP contribution in [-0.4, -0.2) is 45.3 Å². The van der Waals surface area contributed by atoms with Crippen LogP contribution in [0.5, 0.6) is 0 Å². The molecule has 0 saturated carbocycles. The van der Waals surface area contributed by atoms with Gasteiger partial charge in [-0.3, -0.25) is 5.10 Å². The fourth-order valence-corrected chi connectivity index (χ4v) is 3.59. The van der Waals surface area contributed by atoms with Crippen molar-refractivity contribution in [1.29, 1.82) is 0 Å². The third-order valence-electron chi connectivity index (χ3n) is 5.08. The monoisotopic (exact) mass is 391 g/mol. The fraction of sp³-hybridized carbons (Fsp3) is 0.333. The Morgan fingerprint density at radius 3 is 3.03 bits per heavy atom. The van der Waals surface area contributed by atoms with Crippen LogP contribution in [0.3, 0.4) is 0 Å². The summed E-state index contributed by atoms with van der Waals surface area (Å²) in [6.07, 6.45) is 6.16. The lowest BCUT2D eigenvalue weighted by atomic mass is 10.1. The number of piperidine rings is 1. The molecule has 0 spiro atoms. The molecule has 1 fully saturated rings. The number of nitrogens with one attached hydrogen (secondary N) is 3. The lowest BCUT2D eigenvalue weighted by Crippen LogP contribution is -2.49. The summed E-state index contributed by atoms with van der Waals surface area (Å²) in [4.78, 5) is 23.4. The third kappa shape index (κ3) is 4.71. The SMILES string of the molecule is CCc1cc(N2CCCC(NC(=O)Nc3cccc(-c4ccn[nH]4)c3)C2)ncn1. The van der Waals surface area contributed by atoms with Gasteiger partial charge < -0.3 is 15.5 Å². The van der Waals surface area contributed by atoms with Gasteiger partial charge in [0.1, 0.15) is 12.1 Å². The van der Waals surface area contributed by atoms with Crippen molar-refractivity contribution in [2.75, 3.05) is 23.3 Å². The number of amides is 2. The molecule has 3 heterocycles. The number of nitrogens with zero attached hydrogens (tertiary/aromatic N) is 4. The number of aromatic amines is 1. The minimum Gasteiger partial charge on any atom is -0.354 e. The zero-order valence-corrected chi connectivity index (χ0v) is 16.4. The molecule has 3 N–H and O–H groups in total. The highest BCUT2D eigenvalue weighted by Crippen LogP contribution is 2.21. The van der Waals surface area contributed by atoms with E-state index >= 15 is 0 Å². The second kappa shape index (κ2) is 8.72. The molecule has 1 aliphatic rings. The Morgan fingerprint density at radius 2 is 2.21 bits per heavy atom. The Balaban J connectivity index is 1.36. The van der Waals surface area contributed by atoms with E-state index in [1.165, 1.54) is 0 Å².